The van der Waals surface area contributed by atoms with E-state index in [4.69, 9.17) is 4.42 Å². The molecule has 0 atom stereocenters. The van der Waals surface area contributed by atoms with Crippen LogP contribution < -0.4 is 5.32 Å². The Morgan fingerprint density at radius 1 is 1.25 bits per heavy atom. The summed E-state index contributed by atoms with van der Waals surface area (Å²) in [6.45, 7) is 0.326. The molecular formula is C13H11F3N2O2. The van der Waals surface area contributed by atoms with Crippen LogP contribution >= 0.6 is 0 Å². The van der Waals surface area contributed by atoms with Crippen LogP contribution in [-0.4, -0.2) is 17.4 Å². The predicted octanol–water partition coefficient (Wildman–Crippen LogP) is 2.67. The molecule has 20 heavy (non-hydrogen) atoms. The summed E-state index contributed by atoms with van der Waals surface area (Å²) in [7, 11) is 0. The van der Waals surface area contributed by atoms with Gasteiger partial charge in [0.15, 0.2) is 6.39 Å². The quantitative estimate of drug-likeness (QED) is 0.939. The first-order valence-electron chi connectivity index (χ1n) is 5.79. The fraction of sp³-hybridized carbons (Fsp3) is 0.231. The van der Waals surface area contributed by atoms with Crippen LogP contribution in [0.15, 0.2) is 41.3 Å². The summed E-state index contributed by atoms with van der Waals surface area (Å²) in [5, 5.41) is 2.59. The lowest BCUT2D eigenvalue weighted by Crippen LogP contribution is -2.25. The standard InChI is InChI=1S/C13H11F3N2O2/c14-13(15,16)10-3-1-9(2-4-10)12(19)17-6-5-11-7-20-8-18-11/h1-4,7-8H,5-6H2,(H,17,19). The van der Waals surface area contributed by atoms with E-state index in [9.17, 15) is 18.0 Å². The van der Waals surface area contributed by atoms with Crippen molar-refractivity contribution >= 4 is 5.91 Å². The number of rotatable bonds is 4. The highest BCUT2D eigenvalue weighted by atomic mass is 19.4. The van der Waals surface area contributed by atoms with Crippen molar-refractivity contribution in [2.45, 2.75) is 12.6 Å². The van der Waals surface area contributed by atoms with Gasteiger partial charge in [-0.25, -0.2) is 4.98 Å². The van der Waals surface area contributed by atoms with Gasteiger partial charge in [0.25, 0.3) is 5.91 Å². The van der Waals surface area contributed by atoms with Gasteiger partial charge in [0, 0.05) is 18.5 Å². The summed E-state index contributed by atoms with van der Waals surface area (Å²) in [6.07, 6.45) is -1.16. The van der Waals surface area contributed by atoms with E-state index in [-0.39, 0.29) is 5.56 Å². The first-order valence-corrected chi connectivity index (χ1v) is 5.79. The second-order valence-corrected chi connectivity index (χ2v) is 4.06. The number of hydrogen-bond donors (Lipinski definition) is 1. The van der Waals surface area contributed by atoms with Crippen molar-refractivity contribution in [2.75, 3.05) is 6.54 Å². The Balaban J connectivity index is 1.89. The third kappa shape index (κ3) is 3.59. The van der Waals surface area contributed by atoms with Gasteiger partial charge in [-0.3, -0.25) is 4.79 Å². The average Bonchev–Trinajstić information content (AvgIpc) is 2.91. The number of alkyl halides is 3. The molecule has 106 valence electrons. The van der Waals surface area contributed by atoms with Crippen molar-refractivity contribution in [1.82, 2.24) is 10.3 Å². The number of nitrogens with zero attached hydrogens (tertiary/aromatic N) is 1. The highest BCUT2D eigenvalue weighted by Crippen LogP contribution is 2.28. The van der Waals surface area contributed by atoms with Gasteiger partial charge in [0.1, 0.15) is 6.26 Å². The molecule has 4 nitrogen and oxygen atoms in total. The van der Waals surface area contributed by atoms with Crippen LogP contribution in [0.3, 0.4) is 0 Å². The number of benzene rings is 1. The molecule has 1 aromatic carbocycles. The zero-order valence-electron chi connectivity index (χ0n) is 10.3. The van der Waals surface area contributed by atoms with E-state index in [1.54, 1.807) is 0 Å². The number of amides is 1. The summed E-state index contributed by atoms with van der Waals surface area (Å²) < 4.78 is 41.9. The second-order valence-electron chi connectivity index (χ2n) is 4.06. The molecule has 0 aliphatic carbocycles. The fourth-order valence-electron chi connectivity index (χ4n) is 1.58. The van der Waals surface area contributed by atoms with Crippen LogP contribution in [0.5, 0.6) is 0 Å². The van der Waals surface area contributed by atoms with Crippen LogP contribution in [0.1, 0.15) is 21.6 Å². The largest absolute Gasteiger partial charge is 0.451 e. The normalized spacial score (nSPS) is 11.3. The van der Waals surface area contributed by atoms with Crippen molar-refractivity contribution in [3.8, 4) is 0 Å². The molecular weight excluding hydrogens is 273 g/mol. The predicted molar refractivity (Wildman–Crippen MR) is 64.0 cm³/mol. The average molecular weight is 284 g/mol. The molecule has 7 heteroatoms. The maximum absolute atomic E-state index is 12.4. The van der Waals surface area contributed by atoms with E-state index < -0.39 is 17.6 Å². The maximum atomic E-state index is 12.4. The molecule has 1 heterocycles. The molecule has 0 aliphatic heterocycles. The Labute approximate surface area is 112 Å². The SMILES string of the molecule is O=C(NCCc1cocn1)c1ccc(C(F)(F)F)cc1. The van der Waals surface area contributed by atoms with E-state index in [0.29, 0.717) is 18.7 Å². The van der Waals surface area contributed by atoms with Crippen molar-refractivity contribution in [3.05, 3.63) is 53.7 Å². The minimum Gasteiger partial charge on any atom is -0.451 e. The van der Waals surface area contributed by atoms with Crippen LogP contribution in [-0.2, 0) is 12.6 Å². The highest BCUT2D eigenvalue weighted by Gasteiger charge is 2.30. The summed E-state index contributed by atoms with van der Waals surface area (Å²) in [5.41, 5.74) is 0.0903. The minimum atomic E-state index is -4.40. The molecule has 1 N–H and O–H groups in total. The molecule has 2 rings (SSSR count). The fourth-order valence-corrected chi connectivity index (χ4v) is 1.58. The third-order valence-electron chi connectivity index (χ3n) is 2.62. The number of carbonyl (C=O) groups is 1. The van der Waals surface area contributed by atoms with Crippen molar-refractivity contribution in [1.29, 1.82) is 0 Å². The topological polar surface area (TPSA) is 55.1 Å². The van der Waals surface area contributed by atoms with Gasteiger partial charge in [-0.05, 0) is 24.3 Å². The number of aromatic nitrogens is 1. The second kappa shape index (κ2) is 5.77. The number of oxazole rings is 1. The first-order chi connectivity index (χ1) is 9.47. The van der Waals surface area contributed by atoms with Gasteiger partial charge in [0.05, 0.1) is 11.3 Å². The zero-order valence-corrected chi connectivity index (χ0v) is 10.3. The molecule has 0 unspecified atom stereocenters. The minimum absolute atomic E-state index is 0.179. The summed E-state index contributed by atoms with van der Waals surface area (Å²) in [4.78, 5) is 15.6. The lowest BCUT2D eigenvalue weighted by molar-refractivity contribution is -0.137. The summed E-state index contributed by atoms with van der Waals surface area (Å²) >= 11 is 0. The van der Waals surface area contributed by atoms with Crippen LogP contribution in [0.2, 0.25) is 0 Å². The van der Waals surface area contributed by atoms with Crippen molar-refractivity contribution in [2.24, 2.45) is 0 Å². The first kappa shape index (κ1) is 14.1. The van der Waals surface area contributed by atoms with Crippen LogP contribution in [0.25, 0.3) is 0 Å². The van der Waals surface area contributed by atoms with E-state index in [1.165, 1.54) is 12.7 Å². The molecule has 2 aromatic rings. The number of nitrogens with one attached hydrogen (secondary N) is 1. The van der Waals surface area contributed by atoms with Gasteiger partial charge < -0.3 is 9.73 Å². The van der Waals surface area contributed by atoms with Gasteiger partial charge in [-0.2, -0.15) is 13.2 Å². The molecule has 1 aromatic heterocycles. The number of halogens is 3. The zero-order chi connectivity index (χ0) is 14.6. The Bertz CT molecular complexity index is 562. The molecule has 0 saturated heterocycles. The Morgan fingerprint density at radius 3 is 2.50 bits per heavy atom. The lowest BCUT2D eigenvalue weighted by atomic mass is 10.1. The van der Waals surface area contributed by atoms with Gasteiger partial charge in [-0.15, -0.1) is 0 Å². The molecule has 0 radical (unpaired) electrons. The van der Waals surface area contributed by atoms with Crippen LogP contribution in [0, 0.1) is 0 Å². The van der Waals surface area contributed by atoms with E-state index >= 15 is 0 Å². The molecule has 0 fully saturated rings. The van der Waals surface area contributed by atoms with E-state index in [0.717, 1.165) is 24.3 Å². The smallest absolute Gasteiger partial charge is 0.416 e. The summed E-state index contributed by atoms with van der Waals surface area (Å²) in [6, 6.07) is 4.06. The molecule has 0 spiro atoms. The highest BCUT2D eigenvalue weighted by molar-refractivity contribution is 5.94. The van der Waals surface area contributed by atoms with Gasteiger partial charge in [0.2, 0.25) is 0 Å². The van der Waals surface area contributed by atoms with Crippen molar-refractivity contribution < 1.29 is 22.4 Å². The lowest BCUT2D eigenvalue weighted by Gasteiger charge is -2.08. The number of carbonyl (C=O) groups excluding carboxylic acids is 1. The number of hydrogen-bond acceptors (Lipinski definition) is 3. The van der Waals surface area contributed by atoms with Gasteiger partial charge in [-0.1, -0.05) is 0 Å². The van der Waals surface area contributed by atoms with Crippen molar-refractivity contribution in [3.63, 3.8) is 0 Å². The Kier molecular flexibility index (Phi) is 4.07. The molecule has 0 bridgehead atoms. The monoisotopic (exact) mass is 284 g/mol. The third-order valence-corrected chi connectivity index (χ3v) is 2.62. The van der Waals surface area contributed by atoms with Crippen LogP contribution in [0.4, 0.5) is 13.2 Å². The van der Waals surface area contributed by atoms with E-state index in [1.807, 2.05) is 0 Å². The van der Waals surface area contributed by atoms with Gasteiger partial charge >= 0.3 is 6.18 Å². The molecule has 0 aliphatic rings. The maximum Gasteiger partial charge on any atom is 0.416 e. The Morgan fingerprint density at radius 2 is 1.95 bits per heavy atom. The molecule has 1 amide bonds. The summed E-state index contributed by atoms with van der Waals surface area (Å²) in [5.74, 6) is -0.429. The molecule has 0 saturated carbocycles. The Hall–Kier alpha value is -2.31. The van der Waals surface area contributed by atoms with E-state index in [2.05, 4.69) is 10.3 Å².